The summed E-state index contributed by atoms with van der Waals surface area (Å²) in [4.78, 5) is 0.229. The molecule has 1 unspecified atom stereocenters. The van der Waals surface area contributed by atoms with Gasteiger partial charge in [0.25, 0.3) is 0 Å². The van der Waals surface area contributed by atoms with Crippen molar-refractivity contribution >= 4 is 31.6 Å². The fraction of sp³-hybridized carbons (Fsp3) is 0.538. The largest absolute Gasteiger partial charge is 0.398 e. The molecule has 7 heteroatoms. The zero-order chi connectivity index (χ0) is 14.8. The van der Waals surface area contributed by atoms with Gasteiger partial charge in [-0.1, -0.05) is 15.9 Å². The lowest BCUT2D eigenvalue weighted by molar-refractivity contribution is 0.184. The number of anilines is 1. The summed E-state index contributed by atoms with van der Waals surface area (Å²) < 4.78 is 33.2. The highest BCUT2D eigenvalue weighted by molar-refractivity contribution is 9.10. The van der Waals surface area contributed by atoms with Crippen molar-refractivity contribution in [2.75, 3.05) is 25.5 Å². The molecule has 0 bridgehead atoms. The summed E-state index contributed by atoms with van der Waals surface area (Å²) in [5, 5.41) is 0. The number of nitrogens with two attached hydrogens (primary N) is 1. The van der Waals surface area contributed by atoms with Gasteiger partial charge in [0.1, 0.15) is 0 Å². The fourth-order valence-electron chi connectivity index (χ4n) is 2.24. The minimum atomic E-state index is -3.53. The van der Waals surface area contributed by atoms with Crippen molar-refractivity contribution in [3.05, 3.63) is 22.2 Å². The first-order chi connectivity index (χ1) is 9.40. The van der Waals surface area contributed by atoms with E-state index in [1.165, 1.54) is 0 Å². The van der Waals surface area contributed by atoms with Gasteiger partial charge in [-0.05, 0) is 43.4 Å². The number of ether oxygens (including phenoxy) is 1. The Morgan fingerprint density at radius 3 is 2.90 bits per heavy atom. The van der Waals surface area contributed by atoms with Crippen LogP contribution in [0.5, 0.6) is 0 Å². The van der Waals surface area contributed by atoms with Crippen LogP contribution in [0.4, 0.5) is 5.69 Å². The molecule has 2 rings (SSSR count). The van der Waals surface area contributed by atoms with Crippen LogP contribution < -0.4 is 10.5 Å². The van der Waals surface area contributed by atoms with E-state index in [9.17, 15) is 8.42 Å². The maximum atomic E-state index is 12.3. The lowest BCUT2D eigenvalue weighted by Gasteiger charge is -2.13. The van der Waals surface area contributed by atoms with E-state index in [4.69, 9.17) is 10.5 Å². The highest BCUT2D eigenvalue weighted by Gasteiger charge is 2.20. The van der Waals surface area contributed by atoms with Gasteiger partial charge in [-0.25, -0.2) is 13.1 Å². The third-order valence-corrected chi connectivity index (χ3v) is 5.57. The number of hydrogen-bond donors (Lipinski definition) is 2. The fourth-order valence-corrected chi connectivity index (χ4v) is 4.21. The molecule has 1 heterocycles. The molecule has 0 spiro atoms. The van der Waals surface area contributed by atoms with Crippen LogP contribution in [-0.2, 0) is 14.8 Å². The highest BCUT2D eigenvalue weighted by Crippen LogP contribution is 2.26. The minimum absolute atomic E-state index is 0.229. The van der Waals surface area contributed by atoms with Crippen molar-refractivity contribution in [1.29, 1.82) is 0 Å². The van der Waals surface area contributed by atoms with Gasteiger partial charge in [-0.15, -0.1) is 0 Å². The number of benzene rings is 1. The average Bonchev–Trinajstić information content (AvgIpc) is 2.86. The van der Waals surface area contributed by atoms with Gasteiger partial charge < -0.3 is 10.5 Å². The number of nitrogen functional groups attached to an aromatic ring is 1. The molecule has 20 heavy (non-hydrogen) atoms. The summed E-state index contributed by atoms with van der Waals surface area (Å²) >= 11 is 3.27. The zero-order valence-corrected chi connectivity index (χ0v) is 13.8. The van der Waals surface area contributed by atoms with Crippen LogP contribution in [0.25, 0.3) is 0 Å². The molecule has 0 radical (unpaired) electrons. The van der Waals surface area contributed by atoms with E-state index in [0.717, 1.165) is 26.1 Å². The first-order valence-electron chi connectivity index (χ1n) is 6.53. The second-order valence-corrected chi connectivity index (χ2v) is 7.69. The topological polar surface area (TPSA) is 81.4 Å². The van der Waals surface area contributed by atoms with Crippen LogP contribution in [0.3, 0.4) is 0 Å². The van der Waals surface area contributed by atoms with Gasteiger partial charge in [-0.2, -0.15) is 0 Å². The Balaban J connectivity index is 2.06. The third kappa shape index (κ3) is 3.72. The molecule has 1 saturated heterocycles. The zero-order valence-electron chi connectivity index (χ0n) is 11.4. The van der Waals surface area contributed by atoms with Crippen LogP contribution in [-0.4, -0.2) is 28.2 Å². The second kappa shape index (κ2) is 6.43. The lowest BCUT2D eigenvalue weighted by atomic mass is 10.1. The van der Waals surface area contributed by atoms with E-state index in [1.807, 2.05) is 0 Å². The minimum Gasteiger partial charge on any atom is -0.398 e. The normalized spacial score (nSPS) is 19.4. The van der Waals surface area contributed by atoms with Crippen molar-refractivity contribution in [2.45, 2.75) is 24.7 Å². The monoisotopic (exact) mass is 362 g/mol. The molecule has 0 aliphatic carbocycles. The molecule has 1 aliphatic heterocycles. The molecule has 0 aromatic heterocycles. The van der Waals surface area contributed by atoms with Crippen LogP contribution >= 0.6 is 15.9 Å². The molecule has 1 aromatic carbocycles. The molecule has 1 aromatic rings. The summed E-state index contributed by atoms with van der Waals surface area (Å²) in [5.74, 6) is 0.450. The van der Waals surface area contributed by atoms with E-state index in [1.54, 1.807) is 19.1 Å². The Kier molecular flexibility index (Phi) is 5.06. The summed E-state index contributed by atoms with van der Waals surface area (Å²) in [6.45, 7) is 3.63. The average molecular weight is 363 g/mol. The molecule has 112 valence electrons. The second-order valence-electron chi connectivity index (χ2n) is 5.03. The van der Waals surface area contributed by atoms with E-state index >= 15 is 0 Å². The van der Waals surface area contributed by atoms with Gasteiger partial charge >= 0.3 is 0 Å². The predicted octanol–water partition coefficient (Wildman–Crippen LogP) is 2.04. The standard InChI is InChI=1S/C13H19BrN2O3S/c1-9-12(15)6-11(14)7-13(9)20(17,18)16-4-2-10-3-5-19-8-10/h6-7,10,16H,2-5,8,15H2,1H3. The van der Waals surface area contributed by atoms with E-state index < -0.39 is 10.0 Å². The van der Waals surface area contributed by atoms with Gasteiger partial charge in [0.2, 0.25) is 10.0 Å². The van der Waals surface area contributed by atoms with Crippen molar-refractivity contribution < 1.29 is 13.2 Å². The van der Waals surface area contributed by atoms with Gasteiger partial charge in [0.15, 0.2) is 0 Å². The molecule has 1 aliphatic rings. The Morgan fingerprint density at radius 2 is 2.25 bits per heavy atom. The Bertz CT molecular complexity index is 584. The first kappa shape index (κ1) is 15.8. The Morgan fingerprint density at radius 1 is 1.50 bits per heavy atom. The van der Waals surface area contributed by atoms with E-state index in [2.05, 4.69) is 20.7 Å². The van der Waals surface area contributed by atoms with Gasteiger partial charge in [-0.3, -0.25) is 0 Å². The quantitative estimate of drug-likeness (QED) is 0.785. The number of hydrogen-bond acceptors (Lipinski definition) is 4. The van der Waals surface area contributed by atoms with E-state index in [-0.39, 0.29) is 4.90 Å². The molecule has 1 fully saturated rings. The van der Waals surface area contributed by atoms with Crippen molar-refractivity contribution in [2.24, 2.45) is 5.92 Å². The van der Waals surface area contributed by atoms with Gasteiger partial charge in [0.05, 0.1) is 4.90 Å². The number of rotatable bonds is 5. The maximum absolute atomic E-state index is 12.3. The maximum Gasteiger partial charge on any atom is 0.240 e. The van der Waals surface area contributed by atoms with E-state index in [0.29, 0.717) is 28.2 Å². The summed E-state index contributed by atoms with van der Waals surface area (Å²) in [6.07, 6.45) is 1.80. The molecular formula is C13H19BrN2O3S. The molecule has 5 nitrogen and oxygen atoms in total. The van der Waals surface area contributed by atoms with Crippen molar-refractivity contribution in [3.63, 3.8) is 0 Å². The van der Waals surface area contributed by atoms with Crippen LogP contribution in [0.15, 0.2) is 21.5 Å². The SMILES string of the molecule is Cc1c(N)cc(Br)cc1S(=O)(=O)NCCC1CCOC1. The third-order valence-electron chi connectivity index (χ3n) is 3.52. The summed E-state index contributed by atoms with van der Waals surface area (Å²) in [5.41, 5.74) is 6.84. The highest BCUT2D eigenvalue weighted by atomic mass is 79.9. The lowest BCUT2D eigenvalue weighted by Crippen LogP contribution is -2.27. The smallest absolute Gasteiger partial charge is 0.240 e. The first-order valence-corrected chi connectivity index (χ1v) is 8.81. The summed E-state index contributed by atoms with van der Waals surface area (Å²) in [7, 11) is -3.53. The van der Waals surface area contributed by atoms with Crippen molar-refractivity contribution in [3.8, 4) is 0 Å². The summed E-state index contributed by atoms with van der Waals surface area (Å²) in [6, 6.07) is 3.27. The van der Waals surface area contributed by atoms with Crippen LogP contribution in [0.1, 0.15) is 18.4 Å². The molecular weight excluding hydrogens is 344 g/mol. The Hall–Kier alpha value is -0.630. The number of sulfonamides is 1. The van der Waals surface area contributed by atoms with Crippen molar-refractivity contribution in [1.82, 2.24) is 4.72 Å². The van der Waals surface area contributed by atoms with Gasteiger partial charge in [0, 0.05) is 29.9 Å². The Labute approximate surface area is 128 Å². The number of halogens is 1. The molecule has 0 amide bonds. The predicted molar refractivity (Wildman–Crippen MR) is 82.0 cm³/mol. The molecule has 3 N–H and O–H groups in total. The van der Waals surface area contributed by atoms with Crippen LogP contribution in [0, 0.1) is 12.8 Å². The molecule has 0 saturated carbocycles. The van der Waals surface area contributed by atoms with Crippen LogP contribution in [0.2, 0.25) is 0 Å². The molecule has 1 atom stereocenters. The number of nitrogens with one attached hydrogen (secondary N) is 1.